The number of nitrogens with one attached hydrogen (secondary N) is 1. The number of anilines is 1. The lowest BCUT2D eigenvalue weighted by Gasteiger charge is -2.14. The molecule has 0 amide bonds. The summed E-state index contributed by atoms with van der Waals surface area (Å²) >= 11 is 0. The predicted octanol–water partition coefficient (Wildman–Crippen LogP) is 1.99. The smallest absolute Gasteiger partial charge is 0.326 e. The molecule has 1 atom stereocenters. The van der Waals surface area contributed by atoms with E-state index in [2.05, 4.69) is 25.3 Å². The Labute approximate surface area is 122 Å². The summed E-state index contributed by atoms with van der Waals surface area (Å²) in [6, 6.07) is 1.01. The average molecular weight is 287 g/mol. The molecule has 0 radical (unpaired) electrons. The number of unbranched alkanes of at least 4 members (excludes halogenated alkanes) is 1. The number of carboxylic acids is 1. The topological polar surface area (TPSA) is 101 Å². The Morgan fingerprint density at radius 1 is 1.29 bits per heavy atom. The van der Waals surface area contributed by atoms with E-state index >= 15 is 0 Å². The van der Waals surface area contributed by atoms with Crippen LogP contribution in [0.4, 0.5) is 5.95 Å². The SMILES string of the molecule is CCCC[C@H](Nc1nccc(-c2cnccn2)n1)C(=O)O. The van der Waals surface area contributed by atoms with Crippen LogP contribution >= 0.6 is 0 Å². The first-order valence-electron chi connectivity index (χ1n) is 6.79. The van der Waals surface area contributed by atoms with Gasteiger partial charge in [0.25, 0.3) is 0 Å². The third-order valence-corrected chi connectivity index (χ3v) is 2.93. The van der Waals surface area contributed by atoms with Gasteiger partial charge < -0.3 is 10.4 Å². The summed E-state index contributed by atoms with van der Waals surface area (Å²) in [5.74, 6) is -0.626. The highest BCUT2D eigenvalue weighted by Crippen LogP contribution is 2.14. The van der Waals surface area contributed by atoms with E-state index in [4.69, 9.17) is 0 Å². The van der Waals surface area contributed by atoms with Gasteiger partial charge in [0.2, 0.25) is 5.95 Å². The molecule has 0 aliphatic rings. The third-order valence-electron chi connectivity index (χ3n) is 2.93. The van der Waals surface area contributed by atoms with Crippen molar-refractivity contribution < 1.29 is 9.90 Å². The van der Waals surface area contributed by atoms with Crippen LogP contribution in [-0.4, -0.2) is 37.1 Å². The molecule has 110 valence electrons. The molecule has 0 saturated heterocycles. The lowest BCUT2D eigenvalue weighted by atomic mass is 10.1. The molecule has 0 aromatic carbocycles. The molecule has 0 aliphatic heterocycles. The number of aliphatic carboxylic acids is 1. The zero-order chi connectivity index (χ0) is 15.1. The van der Waals surface area contributed by atoms with Gasteiger partial charge in [-0.25, -0.2) is 14.8 Å². The quantitative estimate of drug-likeness (QED) is 0.803. The molecular weight excluding hydrogens is 270 g/mol. The van der Waals surface area contributed by atoms with Crippen LogP contribution in [0.3, 0.4) is 0 Å². The molecule has 0 saturated carbocycles. The zero-order valence-electron chi connectivity index (χ0n) is 11.7. The van der Waals surface area contributed by atoms with E-state index < -0.39 is 12.0 Å². The van der Waals surface area contributed by atoms with Crippen LogP contribution in [0.15, 0.2) is 30.9 Å². The van der Waals surface area contributed by atoms with E-state index in [0.717, 1.165) is 12.8 Å². The van der Waals surface area contributed by atoms with Gasteiger partial charge in [-0.15, -0.1) is 0 Å². The molecule has 2 heterocycles. The molecule has 7 heteroatoms. The highest BCUT2D eigenvalue weighted by molar-refractivity contribution is 5.76. The molecular formula is C14H17N5O2. The first-order chi connectivity index (χ1) is 10.2. The summed E-state index contributed by atoms with van der Waals surface area (Å²) in [6.07, 6.45) is 8.61. The standard InChI is InChI=1S/C14H17N5O2/c1-2-3-4-11(13(20)21)19-14-17-6-5-10(18-14)12-9-15-7-8-16-12/h5-9,11H,2-4H2,1H3,(H,20,21)(H,17,18,19)/t11-/m0/s1. The summed E-state index contributed by atoms with van der Waals surface area (Å²) in [6.45, 7) is 2.02. The Kier molecular flexibility index (Phi) is 5.14. The normalized spacial score (nSPS) is 11.9. The number of carboxylic acid groups (broad SMARTS) is 1. The van der Waals surface area contributed by atoms with Crippen molar-refractivity contribution in [1.29, 1.82) is 0 Å². The van der Waals surface area contributed by atoms with Crippen LogP contribution in [-0.2, 0) is 4.79 Å². The highest BCUT2D eigenvalue weighted by atomic mass is 16.4. The number of hydrogen-bond donors (Lipinski definition) is 2. The molecule has 0 aliphatic carbocycles. The van der Waals surface area contributed by atoms with Gasteiger partial charge in [0.05, 0.1) is 11.9 Å². The number of hydrogen-bond acceptors (Lipinski definition) is 6. The van der Waals surface area contributed by atoms with Crippen LogP contribution < -0.4 is 5.32 Å². The van der Waals surface area contributed by atoms with Gasteiger partial charge in [0, 0.05) is 18.6 Å². The van der Waals surface area contributed by atoms with Crippen molar-refractivity contribution in [3.05, 3.63) is 30.9 Å². The second kappa shape index (κ2) is 7.28. The number of nitrogens with zero attached hydrogens (tertiary/aromatic N) is 4. The molecule has 0 spiro atoms. The fraction of sp³-hybridized carbons (Fsp3) is 0.357. The van der Waals surface area contributed by atoms with Gasteiger partial charge in [-0.3, -0.25) is 9.97 Å². The van der Waals surface area contributed by atoms with Crippen molar-refractivity contribution in [2.45, 2.75) is 32.2 Å². The van der Waals surface area contributed by atoms with Gasteiger partial charge in [0.15, 0.2) is 0 Å². The Balaban J connectivity index is 2.15. The average Bonchev–Trinajstić information content (AvgIpc) is 2.52. The second-order valence-corrected chi connectivity index (χ2v) is 4.53. The van der Waals surface area contributed by atoms with Crippen LogP contribution in [0.5, 0.6) is 0 Å². The molecule has 0 bridgehead atoms. The summed E-state index contributed by atoms with van der Waals surface area (Å²) in [7, 11) is 0. The van der Waals surface area contributed by atoms with Gasteiger partial charge in [0.1, 0.15) is 11.7 Å². The van der Waals surface area contributed by atoms with Crippen molar-refractivity contribution in [2.24, 2.45) is 0 Å². The maximum atomic E-state index is 11.2. The summed E-state index contributed by atoms with van der Waals surface area (Å²) < 4.78 is 0. The van der Waals surface area contributed by atoms with E-state index in [-0.39, 0.29) is 5.95 Å². The fourth-order valence-electron chi connectivity index (χ4n) is 1.82. The Morgan fingerprint density at radius 3 is 2.81 bits per heavy atom. The van der Waals surface area contributed by atoms with Crippen LogP contribution in [0.25, 0.3) is 11.4 Å². The number of carbonyl (C=O) groups is 1. The minimum atomic E-state index is -0.906. The van der Waals surface area contributed by atoms with E-state index in [9.17, 15) is 9.90 Å². The third kappa shape index (κ3) is 4.20. The lowest BCUT2D eigenvalue weighted by molar-refractivity contribution is -0.138. The molecule has 2 N–H and O–H groups in total. The minimum Gasteiger partial charge on any atom is -0.480 e. The van der Waals surface area contributed by atoms with Gasteiger partial charge in [-0.1, -0.05) is 19.8 Å². The monoisotopic (exact) mass is 287 g/mol. The number of aromatic nitrogens is 4. The van der Waals surface area contributed by atoms with Crippen molar-refractivity contribution in [3.8, 4) is 11.4 Å². The van der Waals surface area contributed by atoms with Crippen molar-refractivity contribution in [1.82, 2.24) is 19.9 Å². The van der Waals surface area contributed by atoms with Gasteiger partial charge in [-0.2, -0.15) is 0 Å². The molecule has 2 aromatic rings. The molecule has 0 unspecified atom stereocenters. The zero-order valence-corrected chi connectivity index (χ0v) is 11.7. The van der Waals surface area contributed by atoms with Crippen LogP contribution in [0, 0.1) is 0 Å². The fourth-order valence-corrected chi connectivity index (χ4v) is 1.82. The van der Waals surface area contributed by atoms with E-state index in [1.54, 1.807) is 30.9 Å². The predicted molar refractivity (Wildman–Crippen MR) is 77.6 cm³/mol. The maximum Gasteiger partial charge on any atom is 0.326 e. The Morgan fingerprint density at radius 2 is 2.14 bits per heavy atom. The highest BCUT2D eigenvalue weighted by Gasteiger charge is 2.17. The van der Waals surface area contributed by atoms with Crippen LogP contribution in [0.1, 0.15) is 26.2 Å². The molecule has 2 aromatic heterocycles. The first kappa shape index (κ1) is 14.8. The van der Waals surface area contributed by atoms with E-state index in [1.165, 1.54) is 0 Å². The summed E-state index contributed by atoms with van der Waals surface area (Å²) in [4.78, 5) is 27.7. The summed E-state index contributed by atoms with van der Waals surface area (Å²) in [5.41, 5.74) is 1.21. The van der Waals surface area contributed by atoms with E-state index in [0.29, 0.717) is 17.8 Å². The summed E-state index contributed by atoms with van der Waals surface area (Å²) in [5, 5.41) is 12.1. The second-order valence-electron chi connectivity index (χ2n) is 4.53. The molecule has 7 nitrogen and oxygen atoms in total. The Hall–Kier alpha value is -2.57. The Bertz CT molecular complexity index is 591. The molecule has 0 fully saturated rings. The first-order valence-corrected chi connectivity index (χ1v) is 6.79. The van der Waals surface area contributed by atoms with E-state index in [1.807, 2.05) is 6.92 Å². The molecule has 2 rings (SSSR count). The maximum absolute atomic E-state index is 11.2. The number of rotatable bonds is 7. The van der Waals surface area contributed by atoms with Gasteiger partial charge >= 0.3 is 5.97 Å². The van der Waals surface area contributed by atoms with Crippen molar-refractivity contribution in [2.75, 3.05) is 5.32 Å². The van der Waals surface area contributed by atoms with Crippen molar-refractivity contribution >= 4 is 11.9 Å². The van der Waals surface area contributed by atoms with Crippen molar-refractivity contribution in [3.63, 3.8) is 0 Å². The lowest BCUT2D eigenvalue weighted by Crippen LogP contribution is -2.30. The minimum absolute atomic E-state index is 0.279. The van der Waals surface area contributed by atoms with Gasteiger partial charge in [-0.05, 0) is 12.5 Å². The molecule has 21 heavy (non-hydrogen) atoms. The largest absolute Gasteiger partial charge is 0.480 e. The van der Waals surface area contributed by atoms with Crippen LogP contribution in [0.2, 0.25) is 0 Å².